The minimum absolute atomic E-state index is 0.175. The molecule has 3 heteroatoms. The third-order valence-corrected chi connectivity index (χ3v) is 5.67. The molecule has 1 fully saturated rings. The molecule has 0 aliphatic carbocycles. The molecule has 0 saturated carbocycles. The van der Waals surface area contributed by atoms with Crippen LogP contribution in [0.2, 0.25) is 0 Å². The minimum atomic E-state index is -0.306. The molecule has 2 aliphatic rings. The lowest BCUT2D eigenvalue weighted by Gasteiger charge is -2.32. The number of amides is 1. The molecule has 2 aromatic carbocycles. The van der Waals surface area contributed by atoms with Crippen LogP contribution >= 0.6 is 11.8 Å². The monoisotopic (exact) mass is 281 g/mol. The number of hydrogen-bond acceptors (Lipinski definition) is 2. The van der Waals surface area contributed by atoms with Crippen LogP contribution in [0.25, 0.3) is 0 Å². The third-order valence-electron chi connectivity index (χ3n) is 4.19. The lowest BCUT2D eigenvalue weighted by Crippen LogP contribution is -2.37. The summed E-state index contributed by atoms with van der Waals surface area (Å²) in [4.78, 5) is 14.4. The molecule has 2 aromatic rings. The molecule has 2 nitrogen and oxygen atoms in total. The highest BCUT2D eigenvalue weighted by Gasteiger charge is 2.54. The van der Waals surface area contributed by atoms with Crippen molar-refractivity contribution in [3.8, 4) is 0 Å². The van der Waals surface area contributed by atoms with E-state index < -0.39 is 0 Å². The van der Waals surface area contributed by atoms with Crippen LogP contribution in [0.1, 0.15) is 27.0 Å². The third kappa shape index (κ3) is 1.39. The van der Waals surface area contributed by atoms with Crippen LogP contribution in [-0.2, 0) is 4.87 Å². The first-order chi connectivity index (χ1) is 9.73. The summed E-state index contributed by atoms with van der Waals surface area (Å²) in [5.74, 6) is 1.17. The summed E-state index contributed by atoms with van der Waals surface area (Å²) in [6.07, 6.45) is 0. The summed E-state index contributed by atoms with van der Waals surface area (Å²) in [5, 5.41) is 0. The van der Waals surface area contributed by atoms with Gasteiger partial charge in [0.05, 0.1) is 0 Å². The average molecular weight is 281 g/mol. The Hall–Kier alpha value is -1.74. The second-order valence-corrected chi connectivity index (χ2v) is 6.65. The van der Waals surface area contributed by atoms with Gasteiger partial charge in [-0.25, -0.2) is 0 Å². The number of hydrogen-bond donors (Lipinski definition) is 0. The molecule has 2 heterocycles. The van der Waals surface area contributed by atoms with Crippen molar-refractivity contribution in [3.05, 3.63) is 70.8 Å². The Morgan fingerprint density at radius 3 is 2.75 bits per heavy atom. The Morgan fingerprint density at radius 1 is 1.15 bits per heavy atom. The van der Waals surface area contributed by atoms with Crippen LogP contribution in [0.15, 0.2) is 48.5 Å². The van der Waals surface area contributed by atoms with Crippen molar-refractivity contribution in [3.63, 3.8) is 0 Å². The number of benzene rings is 2. The van der Waals surface area contributed by atoms with E-state index in [9.17, 15) is 4.79 Å². The Labute approximate surface area is 122 Å². The lowest BCUT2D eigenvalue weighted by molar-refractivity contribution is 0.0752. The molecule has 100 valence electrons. The average Bonchev–Trinajstić information content (AvgIpc) is 3.01. The van der Waals surface area contributed by atoms with E-state index in [2.05, 4.69) is 37.3 Å². The maximum Gasteiger partial charge on any atom is 0.255 e. The first-order valence-corrected chi connectivity index (χ1v) is 7.84. The highest BCUT2D eigenvalue weighted by Crippen LogP contribution is 2.55. The van der Waals surface area contributed by atoms with Crippen molar-refractivity contribution in [2.75, 3.05) is 12.3 Å². The van der Waals surface area contributed by atoms with E-state index in [1.54, 1.807) is 0 Å². The van der Waals surface area contributed by atoms with E-state index in [4.69, 9.17) is 0 Å². The first-order valence-electron chi connectivity index (χ1n) is 6.86. The van der Waals surface area contributed by atoms with E-state index in [1.165, 1.54) is 11.1 Å². The van der Waals surface area contributed by atoms with Crippen LogP contribution in [0.3, 0.4) is 0 Å². The largest absolute Gasteiger partial charge is 0.315 e. The predicted molar refractivity (Wildman–Crippen MR) is 81.9 cm³/mol. The summed E-state index contributed by atoms with van der Waals surface area (Å²) < 4.78 is 0. The Kier molecular flexibility index (Phi) is 2.48. The number of aryl methyl sites for hydroxylation is 1. The van der Waals surface area contributed by atoms with Crippen molar-refractivity contribution in [2.24, 2.45) is 0 Å². The van der Waals surface area contributed by atoms with Gasteiger partial charge in [-0.15, -0.1) is 11.8 Å². The van der Waals surface area contributed by atoms with Crippen molar-refractivity contribution in [1.82, 2.24) is 4.90 Å². The van der Waals surface area contributed by atoms with Gasteiger partial charge in [-0.05, 0) is 18.6 Å². The molecule has 20 heavy (non-hydrogen) atoms. The molecular weight excluding hydrogens is 266 g/mol. The fourth-order valence-electron chi connectivity index (χ4n) is 3.32. The van der Waals surface area contributed by atoms with E-state index >= 15 is 0 Å². The van der Waals surface area contributed by atoms with Gasteiger partial charge in [-0.2, -0.15) is 0 Å². The van der Waals surface area contributed by atoms with Crippen LogP contribution < -0.4 is 0 Å². The summed E-state index contributed by atoms with van der Waals surface area (Å²) in [5.41, 5.74) is 4.45. The van der Waals surface area contributed by atoms with Gasteiger partial charge in [0, 0.05) is 23.4 Å². The van der Waals surface area contributed by atoms with Gasteiger partial charge in [0.25, 0.3) is 5.91 Å². The fourth-order valence-corrected chi connectivity index (χ4v) is 4.84. The molecule has 0 N–H and O–H groups in total. The van der Waals surface area contributed by atoms with Gasteiger partial charge in [0.2, 0.25) is 0 Å². The quantitative estimate of drug-likeness (QED) is 0.798. The number of carbonyl (C=O) groups excluding carboxylic acids is 1. The van der Waals surface area contributed by atoms with Crippen molar-refractivity contribution in [2.45, 2.75) is 11.8 Å². The van der Waals surface area contributed by atoms with Gasteiger partial charge in [0.1, 0.15) is 4.87 Å². The van der Waals surface area contributed by atoms with Gasteiger partial charge < -0.3 is 4.90 Å². The number of nitrogens with zero attached hydrogens (tertiary/aromatic N) is 1. The standard InChI is InChI=1S/C17H15NOS/c1-12-7-8-14-15(11-12)17(13-5-3-2-4-6-13)18(16(14)19)9-10-20-17/h2-8,11H,9-10H2,1H3. The molecule has 4 rings (SSSR count). The second-order valence-electron chi connectivity index (χ2n) is 5.36. The molecule has 1 saturated heterocycles. The van der Waals surface area contributed by atoms with Gasteiger partial charge in [0.15, 0.2) is 0 Å². The Balaban J connectivity index is 2.03. The highest BCUT2D eigenvalue weighted by molar-refractivity contribution is 8.00. The zero-order chi connectivity index (χ0) is 13.7. The molecule has 1 atom stereocenters. The van der Waals surface area contributed by atoms with E-state index in [0.717, 1.165) is 23.4 Å². The fraction of sp³-hybridized carbons (Fsp3) is 0.235. The van der Waals surface area contributed by atoms with E-state index in [0.29, 0.717) is 0 Å². The minimum Gasteiger partial charge on any atom is -0.315 e. The maximum atomic E-state index is 12.7. The number of rotatable bonds is 1. The van der Waals surface area contributed by atoms with E-state index in [1.807, 2.05) is 34.9 Å². The Morgan fingerprint density at radius 2 is 1.95 bits per heavy atom. The predicted octanol–water partition coefficient (Wildman–Crippen LogP) is 3.40. The number of carbonyl (C=O) groups is 1. The first kappa shape index (κ1) is 12.0. The molecule has 0 bridgehead atoms. The summed E-state index contributed by atoms with van der Waals surface area (Å²) in [6, 6.07) is 16.6. The highest BCUT2D eigenvalue weighted by atomic mass is 32.2. The smallest absolute Gasteiger partial charge is 0.255 e. The summed E-state index contributed by atoms with van der Waals surface area (Å²) in [6.45, 7) is 2.91. The van der Waals surface area contributed by atoms with Crippen molar-refractivity contribution < 1.29 is 4.79 Å². The molecule has 1 amide bonds. The van der Waals surface area contributed by atoms with Gasteiger partial charge in [-0.3, -0.25) is 4.79 Å². The zero-order valence-corrected chi connectivity index (χ0v) is 12.1. The number of thioether (sulfide) groups is 1. The molecular formula is C17H15NOS. The summed E-state index contributed by atoms with van der Waals surface area (Å²) in [7, 11) is 0. The Bertz CT molecular complexity index is 697. The summed E-state index contributed by atoms with van der Waals surface area (Å²) >= 11 is 1.87. The second kappa shape index (κ2) is 4.13. The van der Waals surface area contributed by atoms with Crippen LogP contribution in [0.5, 0.6) is 0 Å². The molecule has 0 radical (unpaired) electrons. The number of fused-ring (bicyclic) bond motifs is 3. The van der Waals surface area contributed by atoms with Crippen molar-refractivity contribution >= 4 is 17.7 Å². The molecule has 1 unspecified atom stereocenters. The van der Waals surface area contributed by atoms with Crippen LogP contribution in [-0.4, -0.2) is 23.1 Å². The molecule has 0 spiro atoms. The van der Waals surface area contributed by atoms with Gasteiger partial charge in [-0.1, -0.05) is 48.0 Å². The topological polar surface area (TPSA) is 20.3 Å². The normalized spacial score (nSPS) is 23.9. The SMILES string of the molecule is Cc1ccc2c(c1)C1(c3ccccc3)SCCN1C2=O. The van der Waals surface area contributed by atoms with Crippen molar-refractivity contribution in [1.29, 1.82) is 0 Å². The van der Waals surface area contributed by atoms with Crippen LogP contribution in [0, 0.1) is 6.92 Å². The molecule has 2 aliphatic heterocycles. The van der Waals surface area contributed by atoms with Crippen LogP contribution in [0.4, 0.5) is 0 Å². The maximum absolute atomic E-state index is 12.7. The lowest BCUT2D eigenvalue weighted by atomic mass is 9.95. The van der Waals surface area contributed by atoms with E-state index in [-0.39, 0.29) is 10.8 Å². The molecule has 0 aromatic heterocycles. The zero-order valence-electron chi connectivity index (χ0n) is 11.3. The van der Waals surface area contributed by atoms with Gasteiger partial charge >= 0.3 is 0 Å².